The second kappa shape index (κ2) is 9.27. The smallest absolute Gasteiger partial charge is 0.255 e. The van der Waals surface area contributed by atoms with Crippen molar-refractivity contribution in [3.05, 3.63) is 92.9 Å². The van der Waals surface area contributed by atoms with E-state index in [2.05, 4.69) is 5.32 Å². The Kier molecular flexibility index (Phi) is 6.93. The molecule has 0 fully saturated rings. The first-order chi connectivity index (χ1) is 14.1. The zero-order valence-electron chi connectivity index (χ0n) is 15.8. The molecule has 0 spiro atoms. The number of nitrogens with zero attached hydrogens (tertiary/aromatic N) is 1. The molecule has 3 aromatic carbocycles. The Balaban J connectivity index is 1.79. The van der Waals surface area contributed by atoms with Gasteiger partial charge in [-0.3, -0.25) is 9.10 Å². The van der Waals surface area contributed by atoms with Crippen LogP contribution in [0.25, 0.3) is 0 Å². The molecule has 1 N–H and O–H groups in total. The Morgan fingerprint density at radius 2 is 1.57 bits per heavy atom. The molecule has 0 radical (unpaired) electrons. The molecule has 9 heteroatoms. The summed E-state index contributed by atoms with van der Waals surface area (Å²) in [5.74, 6) is -0.290. The second-order valence-corrected chi connectivity index (χ2v) is 9.63. The van der Waals surface area contributed by atoms with E-state index in [1.807, 2.05) is 0 Å². The number of hydrogen-bond acceptors (Lipinski definition) is 3. The van der Waals surface area contributed by atoms with Crippen LogP contribution in [0.2, 0.25) is 15.1 Å². The fourth-order valence-corrected chi connectivity index (χ4v) is 4.20. The van der Waals surface area contributed by atoms with Gasteiger partial charge in [-0.25, -0.2) is 8.42 Å². The number of carbonyl (C=O) groups is 1. The molecule has 3 aromatic rings. The number of anilines is 2. The Hall–Kier alpha value is -2.25. The molecule has 0 aliphatic heterocycles. The zero-order chi connectivity index (χ0) is 21.9. The highest BCUT2D eigenvalue weighted by Gasteiger charge is 2.21. The summed E-state index contributed by atoms with van der Waals surface area (Å²) in [6, 6.07) is 18.2. The molecular weight excluding hydrogens is 467 g/mol. The van der Waals surface area contributed by atoms with Gasteiger partial charge in [0.25, 0.3) is 5.91 Å². The fraction of sp³-hybridized carbons (Fsp3) is 0.0952. The van der Waals surface area contributed by atoms with Crippen molar-refractivity contribution in [2.24, 2.45) is 0 Å². The van der Waals surface area contributed by atoms with Crippen molar-refractivity contribution < 1.29 is 13.2 Å². The molecule has 5 nitrogen and oxygen atoms in total. The van der Waals surface area contributed by atoms with E-state index in [9.17, 15) is 13.2 Å². The summed E-state index contributed by atoms with van der Waals surface area (Å²) < 4.78 is 25.9. The van der Waals surface area contributed by atoms with E-state index in [1.165, 1.54) is 4.31 Å². The van der Waals surface area contributed by atoms with E-state index in [1.54, 1.807) is 66.7 Å². The van der Waals surface area contributed by atoms with Gasteiger partial charge in [-0.2, -0.15) is 0 Å². The lowest BCUT2D eigenvalue weighted by Crippen LogP contribution is -2.29. The van der Waals surface area contributed by atoms with Crippen LogP contribution >= 0.6 is 34.8 Å². The molecule has 0 saturated heterocycles. The molecule has 30 heavy (non-hydrogen) atoms. The summed E-state index contributed by atoms with van der Waals surface area (Å²) in [4.78, 5) is 12.4. The Morgan fingerprint density at radius 3 is 2.17 bits per heavy atom. The van der Waals surface area contributed by atoms with Gasteiger partial charge in [0, 0.05) is 16.3 Å². The van der Waals surface area contributed by atoms with Crippen LogP contribution in [0, 0.1) is 0 Å². The van der Waals surface area contributed by atoms with Gasteiger partial charge >= 0.3 is 0 Å². The summed E-state index contributed by atoms with van der Waals surface area (Å²) in [7, 11) is -3.63. The molecule has 0 unspecified atom stereocenters. The summed E-state index contributed by atoms with van der Waals surface area (Å²) in [6.07, 6.45) is 1.10. The van der Waals surface area contributed by atoms with E-state index in [0.29, 0.717) is 21.8 Å². The van der Waals surface area contributed by atoms with Crippen molar-refractivity contribution >= 4 is 62.1 Å². The van der Waals surface area contributed by atoms with Crippen LogP contribution in [0.4, 0.5) is 11.4 Å². The van der Waals surface area contributed by atoms with Crippen LogP contribution < -0.4 is 9.62 Å². The first kappa shape index (κ1) is 22.4. The largest absolute Gasteiger partial charge is 0.322 e. The quantitative estimate of drug-likeness (QED) is 0.477. The van der Waals surface area contributed by atoms with Gasteiger partial charge in [-0.05, 0) is 54.1 Å². The lowest BCUT2D eigenvalue weighted by molar-refractivity contribution is 0.102. The molecule has 0 saturated carbocycles. The molecule has 0 aliphatic rings. The monoisotopic (exact) mass is 482 g/mol. The molecule has 0 aliphatic carbocycles. The van der Waals surface area contributed by atoms with Crippen molar-refractivity contribution in [3.8, 4) is 0 Å². The topological polar surface area (TPSA) is 66.5 Å². The van der Waals surface area contributed by atoms with Gasteiger partial charge in [0.05, 0.1) is 28.5 Å². The number of benzene rings is 3. The fourth-order valence-electron chi connectivity index (χ4n) is 2.73. The summed E-state index contributed by atoms with van der Waals surface area (Å²) in [6.45, 7) is 0.0397. The average molecular weight is 484 g/mol. The molecule has 0 aromatic heterocycles. The van der Waals surface area contributed by atoms with Gasteiger partial charge in [-0.15, -0.1) is 0 Å². The van der Waals surface area contributed by atoms with Crippen molar-refractivity contribution in [2.75, 3.05) is 15.9 Å². The summed E-state index contributed by atoms with van der Waals surface area (Å²) in [5, 5.41) is 3.77. The van der Waals surface area contributed by atoms with Crippen molar-refractivity contribution in [3.63, 3.8) is 0 Å². The van der Waals surface area contributed by atoms with Crippen molar-refractivity contribution in [1.82, 2.24) is 0 Å². The number of nitrogens with one attached hydrogen (secondary N) is 1. The lowest BCUT2D eigenvalue weighted by Gasteiger charge is -2.24. The van der Waals surface area contributed by atoms with Gasteiger partial charge in [0.15, 0.2) is 0 Å². The molecule has 3 rings (SSSR count). The Morgan fingerprint density at radius 1 is 0.933 bits per heavy atom. The minimum absolute atomic E-state index is 0.0397. The summed E-state index contributed by atoms with van der Waals surface area (Å²) in [5.41, 5.74) is 2.02. The van der Waals surface area contributed by atoms with E-state index >= 15 is 0 Å². The first-order valence-corrected chi connectivity index (χ1v) is 11.7. The Bertz CT molecular complexity index is 1170. The Labute approximate surface area is 190 Å². The SMILES string of the molecule is CS(=O)(=O)N(Cc1ccc(C(=O)Nc2ccc(Cl)cc2)cc1)c1cccc(Cl)c1Cl. The van der Waals surface area contributed by atoms with Crippen LogP contribution in [0.15, 0.2) is 66.7 Å². The molecule has 0 atom stereocenters. The van der Waals surface area contributed by atoms with Gasteiger partial charge in [0.2, 0.25) is 10.0 Å². The van der Waals surface area contributed by atoms with Gasteiger partial charge in [-0.1, -0.05) is 53.0 Å². The van der Waals surface area contributed by atoms with Crippen LogP contribution in [0.5, 0.6) is 0 Å². The second-order valence-electron chi connectivity index (χ2n) is 6.50. The number of sulfonamides is 1. The van der Waals surface area contributed by atoms with E-state index in [0.717, 1.165) is 6.26 Å². The maximum absolute atomic E-state index is 12.4. The van der Waals surface area contributed by atoms with Crippen LogP contribution in [0.3, 0.4) is 0 Å². The number of amides is 1. The first-order valence-electron chi connectivity index (χ1n) is 8.73. The molecule has 1 amide bonds. The molecular formula is C21H17Cl3N2O3S. The van der Waals surface area contributed by atoms with E-state index < -0.39 is 10.0 Å². The minimum atomic E-state index is -3.63. The molecule has 0 heterocycles. The number of rotatable bonds is 6. The van der Waals surface area contributed by atoms with E-state index in [-0.39, 0.29) is 28.2 Å². The molecule has 0 bridgehead atoms. The zero-order valence-corrected chi connectivity index (χ0v) is 18.9. The number of carbonyl (C=O) groups excluding carboxylic acids is 1. The van der Waals surface area contributed by atoms with Gasteiger partial charge in [0.1, 0.15) is 0 Å². The maximum Gasteiger partial charge on any atom is 0.255 e. The predicted molar refractivity (Wildman–Crippen MR) is 123 cm³/mol. The van der Waals surface area contributed by atoms with Gasteiger partial charge < -0.3 is 5.32 Å². The standard InChI is InChI=1S/C21H17Cl3N2O3S/c1-30(28,29)26(19-4-2-3-18(23)20(19)24)13-14-5-7-15(8-6-14)21(27)25-17-11-9-16(22)10-12-17/h2-12H,13H2,1H3,(H,25,27). The third-order valence-electron chi connectivity index (χ3n) is 4.24. The third kappa shape index (κ3) is 5.46. The highest BCUT2D eigenvalue weighted by molar-refractivity contribution is 7.92. The van der Waals surface area contributed by atoms with Crippen LogP contribution in [-0.2, 0) is 16.6 Å². The van der Waals surface area contributed by atoms with Crippen molar-refractivity contribution in [1.29, 1.82) is 0 Å². The summed E-state index contributed by atoms with van der Waals surface area (Å²) >= 11 is 18.1. The maximum atomic E-state index is 12.4. The van der Waals surface area contributed by atoms with E-state index in [4.69, 9.17) is 34.8 Å². The number of hydrogen-bond donors (Lipinski definition) is 1. The number of halogens is 3. The highest BCUT2D eigenvalue weighted by atomic mass is 35.5. The average Bonchev–Trinajstić information content (AvgIpc) is 2.70. The normalized spacial score (nSPS) is 11.2. The van der Waals surface area contributed by atoms with Crippen molar-refractivity contribution in [2.45, 2.75) is 6.54 Å². The predicted octanol–water partition coefficient (Wildman–Crippen LogP) is 5.87. The lowest BCUT2D eigenvalue weighted by atomic mass is 10.1. The highest BCUT2D eigenvalue weighted by Crippen LogP contribution is 2.34. The van der Waals surface area contributed by atoms with Crippen LogP contribution in [0.1, 0.15) is 15.9 Å². The van der Waals surface area contributed by atoms with Crippen LogP contribution in [-0.4, -0.2) is 20.6 Å². The minimum Gasteiger partial charge on any atom is -0.322 e. The molecule has 156 valence electrons. The third-order valence-corrected chi connectivity index (χ3v) is 6.43.